The lowest BCUT2D eigenvalue weighted by molar-refractivity contribution is 0.109. The van der Waals surface area contributed by atoms with E-state index in [0.717, 1.165) is 36.9 Å². The minimum absolute atomic E-state index is 0.313. The van der Waals surface area contributed by atoms with E-state index in [9.17, 15) is 9.50 Å². The van der Waals surface area contributed by atoms with E-state index < -0.39 is 6.10 Å². The molecule has 0 amide bonds. The number of hydrogen-bond donors (Lipinski definition) is 1. The number of aliphatic hydroxyl groups excluding tert-OH is 1. The van der Waals surface area contributed by atoms with Gasteiger partial charge in [0.1, 0.15) is 5.82 Å². The van der Waals surface area contributed by atoms with E-state index in [-0.39, 0.29) is 5.82 Å². The van der Waals surface area contributed by atoms with Crippen molar-refractivity contribution in [3.8, 4) is 0 Å². The molecule has 1 aliphatic heterocycles. The Bertz CT molecular complexity index is 659. The Morgan fingerprint density at radius 3 is 2.48 bits per heavy atom. The van der Waals surface area contributed by atoms with Crippen LogP contribution >= 0.6 is 11.6 Å². The number of rotatable bonds is 4. The number of hydrogen-bond acceptors (Lipinski definition) is 3. The first kappa shape index (κ1) is 16.2. The van der Waals surface area contributed by atoms with E-state index in [2.05, 4.69) is 15.9 Å². The van der Waals surface area contributed by atoms with Crippen LogP contribution in [0.2, 0.25) is 5.02 Å². The second-order valence-electron chi connectivity index (χ2n) is 5.84. The Morgan fingerprint density at radius 1 is 1.04 bits per heavy atom. The SMILES string of the molecule is O[C@H](CN1CCN(c2cccc(Cl)c2)CC1)c1cccc(F)c1. The highest BCUT2D eigenvalue weighted by molar-refractivity contribution is 6.30. The lowest BCUT2D eigenvalue weighted by Gasteiger charge is -2.37. The molecule has 0 radical (unpaired) electrons. The van der Waals surface area contributed by atoms with Crippen LogP contribution in [0.25, 0.3) is 0 Å². The van der Waals surface area contributed by atoms with Crippen molar-refractivity contribution in [3.05, 3.63) is 64.9 Å². The summed E-state index contributed by atoms with van der Waals surface area (Å²) in [4.78, 5) is 4.49. The summed E-state index contributed by atoms with van der Waals surface area (Å²) in [7, 11) is 0. The average Bonchev–Trinajstić information content (AvgIpc) is 2.55. The highest BCUT2D eigenvalue weighted by Gasteiger charge is 2.20. The second kappa shape index (κ2) is 7.30. The van der Waals surface area contributed by atoms with Crippen LogP contribution in [-0.4, -0.2) is 42.7 Å². The fraction of sp³-hybridized carbons (Fsp3) is 0.333. The van der Waals surface area contributed by atoms with Crippen LogP contribution in [0.5, 0.6) is 0 Å². The second-order valence-corrected chi connectivity index (χ2v) is 6.27. The minimum atomic E-state index is -0.664. The first-order valence-electron chi connectivity index (χ1n) is 7.78. The van der Waals surface area contributed by atoms with E-state index in [1.54, 1.807) is 12.1 Å². The van der Waals surface area contributed by atoms with Gasteiger partial charge in [-0.3, -0.25) is 4.90 Å². The van der Waals surface area contributed by atoms with Crippen molar-refractivity contribution in [2.75, 3.05) is 37.6 Å². The van der Waals surface area contributed by atoms with Gasteiger partial charge in [0.25, 0.3) is 0 Å². The molecule has 3 nitrogen and oxygen atoms in total. The van der Waals surface area contributed by atoms with Crippen LogP contribution in [0.15, 0.2) is 48.5 Å². The molecule has 1 heterocycles. The summed E-state index contributed by atoms with van der Waals surface area (Å²) in [5.74, 6) is -0.313. The monoisotopic (exact) mass is 334 g/mol. The molecule has 0 saturated carbocycles. The van der Waals surface area contributed by atoms with Crippen molar-refractivity contribution >= 4 is 17.3 Å². The normalized spacial score (nSPS) is 17.3. The van der Waals surface area contributed by atoms with Gasteiger partial charge in [-0.05, 0) is 35.9 Å². The van der Waals surface area contributed by atoms with E-state index in [1.165, 1.54) is 12.1 Å². The highest BCUT2D eigenvalue weighted by atomic mass is 35.5. The predicted molar refractivity (Wildman–Crippen MR) is 91.5 cm³/mol. The van der Waals surface area contributed by atoms with Crippen LogP contribution in [-0.2, 0) is 0 Å². The third kappa shape index (κ3) is 4.22. The Labute approximate surface area is 140 Å². The van der Waals surface area contributed by atoms with Gasteiger partial charge in [-0.25, -0.2) is 4.39 Å². The predicted octanol–water partition coefficient (Wildman–Crippen LogP) is 3.33. The third-order valence-corrected chi connectivity index (χ3v) is 4.45. The quantitative estimate of drug-likeness (QED) is 0.929. The molecule has 122 valence electrons. The zero-order valence-corrected chi connectivity index (χ0v) is 13.6. The Morgan fingerprint density at radius 2 is 1.78 bits per heavy atom. The average molecular weight is 335 g/mol. The number of piperazine rings is 1. The maximum absolute atomic E-state index is 13.2. The summed E-state index contributed by atoms with van der Waals surface area (Å²) < 4.78 is 13.2. The molecule has 23 heavy (non-hydrogen) atoms. The van der Waals surface area contributed by atoms with E-state index in [4.69, 9.17) is 11.6 Å². The van der Waals surface area contributed by atoms with Gasteiger partial charge in [-0.15, -0.1) is 0 Å². The van der Waals surface area contributed by atoms with Crippen LogP contribution in [0.1, 0.15) is 11.7 Å². The molecule has 5 heteroatoms. The van der Waals surface area contributed by atoms with Crippen molar-refractivity contribution in [2.24, 2.45) is 0 Å². The smallest absolute Gasteiger partial charge is 0.123 e. The van der Waals surface area contributed by atoms with Gasteiger partial charge in [-0.2, -0.15) is 0 Å². The molecule has 2 aromatic carbocycles. The molecule has 1 N–H and O–H groups in total. The van der Waals surface area contributed by atoms with Crippen molar-refractivity contribution < 1.29 is 9.50 Å². The van der Waals surface area contributed by atoms with Crippen molar-refractivity contribution in [1.82, 2.24) is 4.90 Å². The van der Waals surface area contributed by atoms with Crippen LogP contribution in [0.4, 0.5) is 10.1 Å². The fourth-order valence-corrected chi connectivity index (χ4v) is 3.11. The van der Waals surface area contributed by atoms with Crippen LogP contribution < -0.4 is 4.90 Å². The molecule has 0 aromatic heterocycles. The topological polar surface area (TPSA) is 26.7 Å². The number of anilines is 1. The van der Waals surface area contributed by atoms with Crippen LogP contribution in [0, 0.1) is 5.82 Å². The van der Waals surface area contributed by atoms with Gasteiger partial charge in [0.2, 0.25) is 0 Å². The molecular weight excluding hydrogens is 315 g/mol. The summed E-state index contributed by atoms with van der Waals surface area (Å²) in [6, 6.07) is 14.0. The number of aliphatic hydroxyl groups is 1. The standard InChI is InChI=1S/C18H20ClFN2O/c19-15-4-2-6-17(12-15)22-9-7-21(8-10-22)13-18(23)14-3-1-5-16(20)11-14/h1-6,11-12,18,23H,7-10,13H2/t18-/m1/s1. The van der Waals surface area contributed by atoms with E-state index in [1.807, 2.05) is 18.2 Å². The number of β-amino-alcohol motifs (C(OH)–C–C–N with tert-alkyl or cyclic N) is 1. The summed E-state index contributed by atoms with van der Waals surface area (Å²) >= 11 is 6.04. The van der Waals surface area contributed by atoms with Gasteiger partial charge in [0.15, 0.2) is 0 Å². The summed E-state index contributed by atoms with van der Waals surface area (Å²) in [5.41, 5.74) is 1.75. The molecule has 0 spiro atoms. The van der Waals surface area contributed by atoms with Crippen LogP contribution in [0.3, 0.4) is 0 Å². The van der Waals surface area contributed by atoms with Gasteiger partial charge < -0.3 is 10.0 Å². The summed E-state index contributed by atoms with van der Waals surface area (Å²) in [6.07, 6.45) is -0.664. The highest BCUT2D eigenvalue weighted by Crippen LogP contribution is 2.22. The Hall–Kier alpha value is -1.62. The zero-order chi connectivity index (χ0) is 16.2. The maximum atomic E-state index is 13.2. The Balaban J connectivity index is 1.55. The largest absolute Gasteiger partial charge is 0.387 e. The van der Waals surface area contributed by atoms with Crippen molar-refractivity contribution in [2.45, 2.75) is 6.10 Å². The summed E-state index contributed by atoms with van der Waals surface area (Å²) in [6.45, 7) is 4.01. The van der Waals surface area contributed by atoms with Gasteiger partial charge >= 0.3 is 0 Å². The summed E-state index contributed by atoms with van der Waals surface area (Å²) in [5, 5.41) is 11.0. The number of benzene rings is 2. The van der Waals surface area contributed by atoms with E-state index in [0.29, 0.717) is 12.1 Å². The number of halogens is 2. The molecule has 2 aromatic rings. The molecule has 3 rings (SSSR count). The molecule has 0 unspecified atom stereocenters. The molecule has 1 saturated heterocycles. The zero-order valence-electron chi connectivity index (χ0n) is 12.8. The molecular formula is C18H20ClFN2O. The molecule has 0 aliphatic carbocycles. The lowest BCUT2D eigenvalue weighted by atomic mass is 10.1. The maximum Gasteiger partial charge on any atom is 0.123 e. The molecule has 1 fully saturated rings. The molecule has 1 atom stereocenters. The van der Waals surface area contributed by atoms with Crippen molar-refractivity contribution in [1.29, 1.82) is 0 Å². The molecule has 1 aliphatic rings. The van der Waals surface area contributed by atoms with Crippen molar-refractivity contribution in [3.63, 3.8) is 0 Å². The third-order valence-electron chi connectivity index (χ3n) is 4.21. The van der Waals surface area contributed by atoms with E-state index >= 15 is 0 Å². The fourth-order valence-electron chi connectivity index (χ4n) is 2.93. The molecule has 0 bridgehead atoms. The minimum Gasteiger partial charge on any atom is -0.387 e. The lowest BCUT2D eigenvalue weighted by Crippen LogP contribution is -2.47. The Kier molecular flexibility index (Phi) is 5.16. The van der Waals surface area contributed by atoms with Gasteiger partial charge in [-0.1, -0.05) is 29.8 Å². The van der Waals surface area contributed by atoms with Gasteiger partial charge in [0.05, 0.1) is 6.10 Å². The number of nitrogens with zero attached hydrogens (tertiary/aromatic N) is 2. The van der Waals surface area contributed by atoms with Gasteiger partial charge in [0, 0.05) is 43.4 Å². The first-order valence-corrected chi connectivity index (χ1v) is 8.16. The first-order chi connectivity index (χ1) is 11.1.